The molecule has 1 saturated heterocycles. The first kappa shape index (κ1) is 14.5. The summed E-state index contributed by atoms with van der Waals surface area (Å²) in [5, 5.41) is 0. The minimum Gasteiger partial charge on any atom is -0.466 e. The van der Waals surface area contributed by atoms with Crippen molar-refractivity contribution in [2.45, 2.75) is 38.7 Å². The summed E-state index contributed by atoms with van der Waals surface area (Å²) in [6.07, 6.45) is 2.41. The lowest BCUT2D eigenvalue weighted by atomic mass is 10.1. The summed E-state index contributed by atoms with van der Waals surface area (Å²) in [6.45, 7) is 2.71. The fourth-order valence-corrected chi connectivity index (χ4v) is 2.21. The van der Waals surface area contributed by atoms with E-state index in [0.717, 1.165) is 19.4 Å². The van der Waals surface area contributed by atoms with Crippen molar-refractivity contribution in [3.8, 4) is 0 Å². The van der Waals surface area contributed by atoms with Crippen LogP contribution in [0.25, 0.3) is 0 Å². The van der Waals surface area contributed by atoms with Gasteiger partial charge in [0.25, 0.3) is 5.56 Å². The van der Waals surface area contributed by atoms with Gasteiger partial charge in [-0.2, -0.15) is 0 Å². The monoisotopic (exact) mass is 281 g/mol. The van der Waals surface area contributed by atoms with Gasteiger partial charge in [0.1, 0.15) is 11.6 Å². The Kier molecular flexibility index (Phi) is 4.73. The number of aromatic amines is 1. The van der Waals surface area contributed by atoms with Crippen LogP contribution in [-0.2, 0) is 27.1 Å². The Bertz CT molecular complexity index is 535. The zero-order valence-electron chi connectivity index (χ0n) is 11.5. The maximum absolute atomic E-state index is 12.0. The summed E-state index contributed by atoms with van der Waals surface area (Å²) in [5.41, 5.74) is 5.52. The summed E-state index contributed by atoms with van der Waals surface area (Å²) >= 11 is 0. The van der Waals surface area contributed by atoms with Crippen LogP contribution in [0.1, 0.15) is 31.2 Å². The third-order valence-electron chi connectivity index (χ3n) is 3.17. The normalized spacial score (nSPS) is 18.1. The number of H-pyrrole nitrogens is 1. The lowest BCUT2D eigenvalue weighted by Crippen LogP contribution is -2.24. The number of nitrogens with two attached hydrogens (primary N) is 1. The second-order valence-electron chi connectivity index (χ2n) is 4.70. The van der Waals surface area contributed by atoms with Crippen molar-refractivity contribution in [3.05, 3.63) is 21.7 Å². The molecule has 0 saturated carbocycles. The second-order valence-corrected chi connectivity index (χ2v) is 4.70. The highest BCUT2D eigenvalue weighted by Crippen LogP contribution is 2.15. The highest BCUT2D eigenvalue weighted by atomic mass is 16.5. The Morgan fingerprint density at radius 3 is 3.00 bits per heavy atom. The minimum absolute atomic E-state index is 0.0773. The molecule has 0 radical (unpaired) electrons. The van der Waals surface area contributed by atoms with E-state index >= 15 is 0 Å². The van der Waals surface area contributed by atoms with Crippen LogP contribution in [0.3, 0.4) is 0 Å². The molecule has 0 aromatic carbocycles. The molecule has 2 rings (SSSR count). The summed E-state index contributed by atoms with van der Waals surface area (Å²) in [7, 11) is 0. The number of aromatic nitrogens is 2. The van der Waals surface area contributed by atoms with Gasteiger partial charge in [-0.15, -0.1) is 0 Å². The Balaban J connectivity index is 2.11. The third kappa shape index (κ3) is 3.57. The Morgan fingerprint density at radius 2 is 2.40 bits per heavy atom. The van der Waals surface area contributed by atoms with Gasteiger partial charge in [0.15, 0.2) is 0 Å². The minimum atomic E-state index is -0.488. The SMILES string of the molecule is CCOC(=O)Cc1c(N)nc(CC2CCCO2)[nH]c1=O. The van der Waals surface area contributed by atoms with Gasteiger partial charge in [-0.05, 0) is 19.8 Å². The van der Waals surface area contributed by atoms with Gasteiger partial charge in [-0.1, -0.05) is 0 Å². The van der Waals surface area contributed by atoms with Crippen molar-refractivity contribution in [2.75, 3.05) is 18.9 Å². The standard InChI is InChI=1S/C13H19N3O4/c1-2-19-11(17)7-9-12(14)15-10(16-13(9)18)6-8-4-3-5-20-8/h8H,2-7H2,1H3,(H3,14,15,16,18). The van der Waals surface area contributed by atoms with E-state index in [9.17, 15) is 9.59 Å². The number of hydrogen-bond donors (Lipinski definition) is 2. The molecule has 2 heterocycles. The molecular weight excluding hydrogens is 262 g/mol. The lowest BCUT2D eigenvalue weighted by molar-refractivity contribution is -0.142. The van der Waals surface area contributed by atoms with E-state index in [2.05, 4.69) is 9.97 Å². The molecule has 1 fully saturated rings. The predicted molar refractivity (Wildman–Crippen MR) is 72.3 cm³/mol. The molecule has 1 unspecified atom stereocenters. The number of ether oxygens (including phenoxy) is 2. The van der Waals surface area contributed by atoms with E-state index in [4.69, 9.17) is 15.2 Å². The van der Waals surface area contributed by atoms with Crippen molar-refractivity contribution < 1.29 is 14.3 Å². The molecule has 1 aromatic heterocycles. The van der Waals surface area contributed by atoms with E-state index in [0.29, 0.717) is 12.2 Å². The van der Waals surface area contributed by atoms with E-state index in [-0.39, 0.29) is 30.5 Å². The Morgan fingerprint density at radius 1 is 1.60 bits per heavy atom. The molecule has 3 N–H and O–H groups in total. The second kappa shape index (κ2) is 6.51. The summed E-state index contributed by atoms with van der Waals surface area (Å²) in [4.78, 5) is 30.2. The average Bonchev–Trinajstić information content (AvgIpc) is 2.87. The molecule has 1 aliphatic rings. The lowest BCUT2D eigenvalue weighted by Gasteiger charge is -2.10. The summed E-state index contributed by atoms with van der Waals surface area (Å²) < 4.78 is 10.3. The number of nitrogens with one attached hydrogen (secondary N) is 1. The maximum Gasteiger partial charge on any atom is 0.310 e. The van der Waals surface area contributed by atoms with Crippen LogP contribution in [0, 0.1) is 0 Å². The van der Waals surface area contributed by atoms with Crippen LogP contribution in [0.15, 0.2) is 4.79 Å². The van der Waals surface area contributed by atoms with Gasteiger partial charge in [-0.25, -0.2) is 4.98 Å². The van der Waals surface area contributed by atoms with Crippen LogP contribution >= 0.6 is 0 Å². The first-order valence-electron chi connectivity index (χ1n) is 6.75. The number of carbonyl (C=O) groups excluding carboxylic acids is 1. The van der Waals surface area contributed by atoms with Crippen molar-refractivity contribution in [3.63, 3.8) is 0 Å². The van der Waals surface area contributed by atoms with Crippen LogP contribution in [0.5, 0.6) is 0 Å². The van der Waals surface area contributed by atoms with Gasteiger partial charge in [0.2, 0.25) is 0 Å². The fraction of sp³-hybridized carbons (Fsp3) is 0.615. The van der Waals surface area contributed by atoms with Gasteiger partial charge in [0, 0.05) is 13.0 Å². The van der Waals surface area contributed by atoms with Crippen molar-refractivity contribution in [1.82, 2.24) is 9.97 Å². The number of carbonyl (C=O) groups is 1. The topological polar surface area (TPSA) is 107 Å². The van der Waals surface area contributed by atoms with Crippen LogP contribution in [-0.4, -0.2) is 35.3 Å². The van der Waals surface area contributed by atoms with Crippen LogP contribution in [0.4, 0.5) is 5.82 Å². The van der Waals surface area contributed by atoms with Crippen LogP contribution < -0.4 is 11.3 Å². The first-order valence-corrected chi connectivity index (χ1v) is 6.75. The van der Waals surface area contributed by atoms with E-state index in [1.165, 1.54) is 0 Å². The predicted octanol–water partition coefficient (Wildman–Crippen LogP) is 0.179. The molecular formula is C13H19N3O4. The molecule has 0 aliphatic carbocycles. The third-order valence-corrected chi connectivity index (χ3v) is 3.17. The Labute approximate surface area is 116 Å². The largest absolute Gasteiger partial charge is 0.466 e. The average molecular weight is 281 g/mol. The molecule has 0 amide bonds. The number of nitrogens with zero attached hydrogens (tertiary/aromatic N) is 1. The quantitative estimate of drug-likeness (QED) is 0.745. The van der Waals surface area contributed by atoms with Crippen LogP contribution in [0.2, 0.25) is 0 Å². The summed E-state index contributed by atoms with van der Waals surface area (Å²) in [6, 6.07) is 0. The molecule has 0 spiro atoms. The van der Waals surface area contributed by atoms with E-state index < -0.39 is 11.5 Å². The molecule has 110 valence electrons. The summed E-state index contributed by atoms with van der Waals surface area (Å²) in [5.74, 6) is 0.0835. The number of hydrogen-bond acceptors (Lipinski definition) is 6. The van der Waals surface area contributed by atoms with Gasteiger partial charge < -0.3 is 20.2 Å². The van der Waals surface area contributed by atoms with Gasteiger partial charge in [0.05, 0.1) is 24.7 Å². The first-order chi connectivity index (χ1) is 9.60. The number of rotatable bonds is 5. The van der Waals surface area contributed by atoms with Crippen molar-refractivity contribution in [2.24, 2.45) is 0 Å². The molecule has 1 aliphatic heterocycles. The van der Waals surface area contributed by atoms with Gasteiger partial charge in [-0.3, -0.25) is 9.59 Å². The Hall–Kier alpha value is -1.89. The molecule has 7 heteroatoms. The molecule has 20 heavy (non-hydrogen) atoms. The number of nitrogen functional groups attached to an aromatic ring is 1. The zero-order chi connectivity index (χ0) is 14.5. The number of anilines is 1. The fourth-order valence-electron chi connectivity index (χ4n) is 2.21. The van der Waals surface area contributed by atoms with Gasteiger partial charge >= 0.3 is 5.97 Å². The van der Waals surface area contributed by atoms with Crippen molar-refractivity contribution >= 4 is 11.8 Å². The van der Waals surface area contributed by atoms with Crippen molar-refractivity contribution in [1.29, 1.82) is 0 Å². The highest BCUT2D eigenvalue weighted by Gasteiger charge is 2.19. The molecule has 1 aromatic rings. The zero-order valence-corrected chi connectivity index (χ0v) is 11.5. The van der Waals surface area contributed by atoms with E-state index in [1.54, 1.807) is 6.92 Å². The molecule has 1 atom stereocenters. The highest BCUT2D eigenvalue weighted by molar-refractivity contribution is 5.74. The smallest absolute Gasteiger partial charge is 0.310 e. The molecule has 0 bridgehead atoms. The molecule has 7 nitrogen and oxygen atoms in total. The number of esters is 1. The van der Waals surface area contributed by atoms with E-state index in [1.807, 2.05) is 0 Å². The maximum atomic E-state index is 12.0.